The number of hydrogen-bond donors (Lipinski definition) is 3. The van der Waals surface area contributed by atoms with Gasteiger partial charge in [0.2, 0.25) is 17.0 Å². The summed E-state index contributed by atoms with van der Waals surface area (Å²) in [6, 6.07) is -1.24. The highest BCUT2D eigenvalue weighted by Crippen LogP contribution is 2.41. The molecule has 1 aromatic heterocycles. The van der Waals surface area contributed by atoms with Gasteiger partial charge in [0.25, 0.3) is 5.91 Å². The molecule has 2 aliphatic rings. The molecule has 0 bridgehead atoms. The minimum Gasteiger partial charge on any atom is -0.477 e. The van der Waals surface area contributed by atoms with Crippen molar-refractivity contribution in [1.29, 1.82) is 0 Å². The molecule has 1 aromatic rings. The van der Waals surface area contributed by atoms with Crippen LogP contribution in [0.5, 0.6) is 0 Å². The number of hydrogen-bond acceptors (Lipinski definition) is 10. The van der Waals surface area contributed by atoms with E-state index in [0.29, 0.717) is 10.7 Å². The molecule has 2 aliphatic heterocycles. The summed E-state index contributed by atoms with van der Waals surface area (Å²) in [7, 11) is -3.42. The summed E-state index contributed by atoms with van der Waals surface area (Å²) >= 11 is 2.19. The normalized spacial score (nSPS) is 21.0. The number of halogens is 3. The van der Waals surface area contributed by atoms with E-state index in [-0.39, 0.29) is 30.2 Å². The molecule has 1 fully saturated rings. The van der Waals surface area contributed by atoms with Gasteiger partial charge in [-0.25, -0.2) is 13.7 Å². The lowest BCUT2D eigenvalue weighted by molar-refractivity contribution is -0.150. The molecule has 3 rings (SSSR count). The molecule has 4 N–H and O–H groups in total. The minimum absolute atomic E-state index is 0.00878. The molecule has 0 aliphatic carbocycles. The number of rotatable bonds is 10. The number of nitrogens with one attached hydrogen (secondary N) is 1. The van der Waals surface area contributed by atoms with E-state index in [0.717, 1.165) is 28.4 Å². The zero-order valence-corrected chi connectivity index (χ0v) is 19.3. The van der Waals surface area contributed by atoms with Crippen LogP contribution < -0.4 is 11.1 Å². The lowest BCUT2D eigenvalue weighted by Crippen LogP contribution is -2.71. The average molecular weight is 544 g/mol. The maximum Gasteiger partial charge on any atom is 0.471 e. The predicted octanol–water partition coefficient (Wildman–Crippen LogP) is -1.35. The van der Waals surface area contributed by atoms with E-state index in [1.807, 2.05) is 0 Å². The van der Waals surface area contributed by atoms with E-state index in [4.69, 9.17) is 5.73 Å². The molecule has 3 amide bonds. The molecule has 3 unspecified atom stereocenters. The van der Waals surface area contributed by atoms with Crippen LogP contribution in [-0.2, 0) is 36.5 Å². The number of β-lactam (4-membered cyclic amide) rings is 1. The Morgan fingerprint density at radius 2 is 2.06 bits per heavy atom. The Morgan fingerprint density at radius 3 is 2.68 bits per heavy atom. The molecule has 0 saturated carbocycles. The number of aromatic nitrogens is 4. The molecule has 19 heteroatoms. The maximum absolute atomic E-state index is 12.5. The van der Waals surface area contributed by atoms with Crippen molar-refractivity contribution in [2.45, 2.75) is 35.0 Å². The number of carboxylic acids is 1. The summed E-state index contributed by atoms with van der Waals surface area (Å²) in [4.78, 5) is 48.1. The largest absolute Gasteiger partial charge is 0.477 e. The van der Waals surface area contributed by atoms with E-state index in [9.17, 15) is 41.7 Å². The molecule has 0 spiro atoms. The van der Waals surface area contributed by atoms with Gasteiger partial charge in [-0.1, -0.05) is 11.8 Å². The molecule has 13 nitrogen and oxygen atoms in total. The third-order valence-electron chi connectivity index (χ3n) is 4.53. The van der Waals surface area contributed by atoms with Gasteiger partial charge in [0.15, 0.2) is 0 Å². The van der Waals surface area contributed by atoms with Crippen LogP contribution in [-0.4, -0.2) is 92.3 Å². The van der Waals surface area contributed by atoms with E-state index >= 15 is 0 Å². The Labute approximate surface area is 199 Å². The second-order valence-corrected chi connectivity index (χ2v) is 10.3. The third kappa shape index (κ3) is 5.69. The van der Waals surface area contributed by atoms with Crippen LogP contribution in [0.4, 0.5) is 13.2 Å². The van der Waals surface area contributed by atoms with Gasteiger partial charge in [-0.3, -0.25) is 19.3 Å². The van der Waals surface area contributed by atoms with Gasteiger partial charge in [-0.05, 0) is 16.0 Å². The summed E-state index contributed by atoms with van der Waals surface area (Å²) in [6.45, 7) is 0.122. The Bertz CT molecular complexity index is 1080. The number of aliphatic carboxylic acids is 1. The number of alkyl halides is 3. The quantitative estimate of drug-likeness (QED) is 0.233. The second-order valence-electron chi connectivity index (χ2n) is 6.84. The number of primary amides is 1. The van der Waals surface area contributed by atoms with Crippen LogP contribution in [0.25, 0.3) is 0 Å². The second kappa shape index (κ2) is 10.3. The molecular weight excluding hydrogens is 527 g/mol. The van der Waals surface area contributed by atoms with Gasteiger partial charge < -0.3 is 16.2 Å². The van der Waals surface area contributed by atoms with E-state index in [1.165, 1.54) is 4.68 Å². The highest BCUT2D eigenvalue weighted by Gasteiger charge is 2.54. The minimum atomic E-state index is -5.07. The number of carbonyl (C=O) groups excluding carboxylic acids is 3. The van der Waals surface area contributed by atoms with Crippen LogP contribution in [0.2, 0.25) is 0 Å². The Balaban J connectivity index is 1.67. The fraction of sp³-hybridized carbons (Fsp3) is 0.533. The fourth-order valence-electron chi connectivity index (χ4n) is 3.02. The van der Waals surface area contributed by atoms with Gasteiger partial charge in [-0.15, -0.1) is 16.9 Å². The number of carbonyl (C=O) groups is 4. The van der Waals surface area contributed by atoms with Crippen LogP contribution in [0, 0.1) is 0 Å². The molecule has 0 aromatic carbocycles. The maximum atomic E-state index is 12.5. The standard InChI is InChI=1S/C15H16F3N7O6S3/c16-15(17,18)34(31)5-8(27)20-9-11(28)25-10(13(29)30)6(3-32-12(9)25)4-33-14-21-22-23-24(14)2-1-7(19)26/h9,12H,1-5H2,(H2,19,26)(H,20,27)(H,29,30). The average Bonchev–Trinajstić information content (AvgIpc) is 3.20. The number of tetrazole rings is 1. The van der Waals surface area contributed by atoms with Crippen molar-refractivity contribution in [3.63, 3.8) is 0 Å². The number of fused-ring (bicyclic) bond motifs is 1. The Kier molecular flexibility index (Phi) is 7.86. The Morgan fingerprint density at radius 1 is 1.35 bits per heavy atom. The SMILES string of the molecule is NC(=O)CCn1nnnc1SCC1=C(C(=O)O)N2C(=O)C(NC(=O)CS(=O)C(F)(F)F)C2SC1. The lowest BCUT2D eigenvalue weighted by atomic mass is 10.0. The van der Waals surface area contributed by atoms with E-state index < -0.39 is 57.2 Å². The van der Waals surface area contributed by atoms with Crippen LogP contribution >= 0.6 is 23.5 Å². The first kappa shape index (κ1) is 25.9. The summed E-state index contributed by atoms with van der Waals surface area (Å²) < 4.78 is 49.5. The van der Waals surface area contributed by atoms with Gasteiger partial charge in [0, 0.05) is 17.9 Å². The molecule has 34 heavy (non-hydrogen) atoms. The number of amides is 3. The number of carboxylic acid groups (broad SMARTS) is 1. The molecular formula is C15H16F3N7O6S3. The summed E-state index contributed by atoms with van der Waals surface area (Å²) in [5, 5.41) is 22.2. The highest BCUT2D eigenvalue weighted by atomic mass is 32.2. The van der Waals surface area contributed by atoms with E-state index in [1.54, 1.807) is 0 Å². The van der Waals surface area contributed by atoms with Crippen molar-refractivity contribution in [2.24, 2.45) is 5.73 Å². The number of nitrogens with two attached hydrogens (primary N) is 1. The first-order chi connectivity index (χ1) is 15.9. The van der Waals surface area contributed by atoms with Crippen molar-refractivity contribution in [3.8, 4) is 0 Å². The van der Waals surface area contributed by atoms with Crippen LogP contribution in [0.15, 0.2) is 16.4 Å². The van der Waals surface area contributed by atoms with Gasteiger partial charge in [-0.2, -0.15) is 13.2 Å². The summed E-state index contributed by atoms with van der Waals surface area (Å²) in [5.41, 5.74) is 0.0866. The fourth-order valence-corrected chi connectivity index (χ4v) is 5.89. The van der Waals surface area contributed by atoms with Gasteiger partial charge in [0.05, 0.1) is 6.54 Å². The summed E-state index contributed by atoms with van der Waals surface area (Å²) in [5.74, 6) is -5.13. The number of nitrogens with zero attached hydrogens (tertiary/aromatic N) is 5. The van der Waals surface area contributed by atoms with Crippen LogP contribution in [0.3, 0.4) is 0 Å². The third-order valence-corrected chi connectivity index (χ3v) is 7.95. The van der Waals surface area contributed by atoms with Gasteiger partial charge >= 0.3 is 11.5 Å². The lowest BCUT2D eigenvalue weighted by Gasteiger charge is -2.49. The van der Waals surface area contributed by atoms with Crippen molar-refractivity contribution in [1.82, 2.24) is 30.4 Å². The number of aryl methyl sites for hydroxylation is 1. The molecule has 3 atom stereocenters. The summed E-state index contributed by atoms with van der Waals surface area (Å²) in [6.07, 6.45) is -0.00878. The molecule has 3 heterocycles. The first-order valence-electron chi connectivity index (χ1n) is 9.22. The Hall–Kier alpha value is -2.67. The van der Waals surface area contributed by atoms with E-state index in [2.05, 4.69) is 20.8 Å². The van der Waals surface area contributed by atoms with Crippen molar-refractivity contribution >= 4 is 58.0 Å². The zero-order chi connectivity index (χ0) is 25.2. The topological polar surface area (TPSA) is 190 Å². The van der Waals surface area contributed by atoms with Crippen LogP contribution in [0.1, 0.15) is 6.42 Å². The molecule has 186 valence electrons. The smallest absolute Gasteiger partial charge is 0.471 e. The predicted molar refractivity (Wildman–Crippen MR) is 111 cm³/mol. The van der Waals surface area contributed by atoms with Gasteiger partial charge in [0.1, 0.15) is 33.7 Å². The number of thioether (sulfide) groups is 2. The first-order valence-corrected chi connectivity index (χ1v) is 12.6. The molecule has 0 radical (unpaired) electrons. The van der Waals surface area contributed by atoms with Crippen molar-refractivity contribution < 1.29 is 41.7 Å². The highest BCUT2D eigenvalue weighted by molar-refractivity contribution is 8.01. The zero-order valence-electron chi connectivity index (χ0n) is 16.9. The monoisotopic (exact) mass is 543 g/mol. The van der Waals surface area contributed by atoms with Crippen molar-refractivity contribution in [2.75, 3.05) is 17.3 Å². The molecule has 1 saturated heterocycles. The van der Waals surface area contributed by atoms with Crippen molar-refractivity contribution in [3.05, 3.63) is 11.3 Å².